The fraction of sp³-hybridized carbons (Fsp3) is 0.538. The first-order chi connectivity index (χ1) is 9.04. The van der Waals surface area contributed by atoms with Crippen LogP contribution in [0, 0.1) is 6.92 Å². The largest absolute Gasteiger partial charge is 0.351 e. The highest BCUT2D eigenvalue weighted by Crippen LogP contribution is 2.33. The van der Waals surface area contributed by atoms with E-state index in [4.69, 9.17) is 11.6 Å². The topological polar surface area (TPSA) is 32.3 Å². The first kappa shape index (κ1) is 13.1. The zero-order valence-corrected chi connectivity index (χ0v) is 12.9. The quantitative estimate of drug-likeness (QED) is 0.758. The van der Waals surface area contributed by atoms with Crippen LogP contribution >= 0.6 is 22.9 Å². The summed E-state index contributed by atoms with van der Waals surface area (Å²) < 4.78 is 0. The van der Waals surface area contributed by atoms with Crippen LogP contribution in [0.3, 0.4) is 0 Å². The van der Waals surface area contributed by atoms with Gasteiger partial charge in [-0.1, -0.05) is 0 Å². The first-order valence-electron chi connectivity index (χ1n) is 6.43. The van der Waals surface area contributed by atoms with Crippen molar-refractivity contribution in [2.24, 2.45) is 0 Å². The monoisotopic (exact) mass is 296 g/mol. The number of aromatic nitrogens is 2. The molecule has 2 aromatic heterocycles. The van der Waals surface area contributed by atoms with Crippen LogP contribution in [0.2, 0.25) is 5.28 Å². The summed E-state index contributed by atoms with van der Waals surface area (Å²) >= 11 is 7.75. The van der Waals surface area contributed by atoms with Gasteiger partial charge in [-0.2, -0.15) is 4.98 Å². The fourth-order valence-corrected chi connectivity index (χ4v) is 3.76. The van der Waals surface area contributed by atoms with Crippen molar-refractivity contribution >= 4 is 39.0 Å². The summed E-state index contributed by atoms with van der Waals surface area (Å²) in [5.41, 5.74) is 0. The summed E-state index contributed by atoms with van der Waals surface area (Å²) in [5.74, 6) is 0.986. The lowest BCUT2D eigenvalue weighted by Gasteiger charge is -2.39. The highest BCUT2D eigenvalue weighted by Gasteiger charge is 2.25. The third-order valence-electron chi connectivity index (χ3n) is 3.57. The zero-order valence-electron chi connectivity index (χ0n) is 11.4. The second kappa shape index (κ2) is 4.89. The van der Waals surface area contributed by atoms with Crippen LogP contribution in [-0.4, -0.2) is 47.6 Å². The number of aryl methyl sites for hydroxylation is 1. The number of nitrogens with zero attached hydrogens (tertiary/aromatic N) is 4. The number of thiophene rings is 1. The Bertz CT molecular complexity index is 612. The van der Waals surface area contributed by atoms with Crippen molar-refractivity contribution in [2.75, 3.05) is 31.6 Å². The molecule has 0 radical (unpaired) electrons. The Morgan fingerprint density at radius 3 is 2.89 bits per heavy atom. The predicted molar refractivity (Wildman–Crippen MR) is 81.5 cm³/mol. The first-order valence-corrected chi connectivity index (χ1v) is 7.63. The van der Waals surface area contributed by atoms with Gasteiger partial charge in [0.15, 0.2) is 0 Å². The van der Waals surface area contributed by atoms with E-state index in [1.54, 1.807) is 11.3 Å². The van der Waals surface area contributed by atoms with Gasteiger partial charge in [0.25, 0.3) is 0 Å². The highest BCUT2D eigenvalue weighted by atomic mass is 35.5. The molecular weight excluding hydrogens is 280 g/mol. The molecule has 6 heteroatoms. The maximum Gasteiger partial charge on any atom is 0.225 e. The average molecular weight is 297 g/mol. The Hall–Kier alpha value is -0.910. The van der Waals surface area contributed by atoms with Crippen molar-refractivity contribution in [2.45, 2.75) is 19.9 Å². The molecule has 0 N–H and O–H groups in total. The van der Waals surface area contributed by atoms with Gasteiger partial charge in [-0.3, -0.25) is 0 Å². The molecular formula is C13H17ClN4S. The maximum atomic E-state index is 6.08. The van der Waals surface area contributed by atoms with Gasteiger partial charge in [0, 0.05) is 30.6 Å². The zero-order chi connectivity index (χ0) is 13.6. The molecule has 1 fully saturated rings. The average Bonchev–Trinajstić information content (AvgIpc) is 2.68. The van der Waals surface area contributed by atoms with Gasteiger partial charge in [-0.05, 0) is 38.6 Å². The predicted octanol–water partition coefficient (Wildman–Crippen LogP) is 2.79. The van der Waals surface area contributed by atoms with Crippen LogP contribution in [0.25, 0.3) is 10.2 Å². The van der Waals surface area contributed by atoms with Crippen molar-refractivity contribution in [1.29, 1.82) is 0 Å². The number of hydrogen-bond acceptors (Lipinski definition) is 5. The molecule has 0 bridgehead atoms. The van der Waals surface area contributed by atoms with Gasteiger partial charge >= 0.3 is 0 Å². The van der Waals surface area contributed by atoms with Crippen LogP contribution < -0.4 is 4.90 Å². The minimum atomic E-state index is 0.343. The summed E-state index contributed by atoms with van der Waals surface area (Å²) in [5, 5.41) is 1.47. The molecule has 0 spiro atoms. The molecule has 3 rings (SSSR count). The molecule has 0 aliphatic carbocycles. The Labute approximate surface area is 122 Å². The van der Waals surface area contributed by atoms with E-state index >= 15 is 0 Å². The lowest BCUT2D eigenvalue weighted by Crippen LogP contribution is -2.50. The Morgan fingerprint density at radius 1 is 1.37 bits per heavy atom. The Kier molecular flexibility index (Phi) is 3.37. The van der Waals surface area contributed by atoms with Gasteiger partial charge in [-0.25, -0.2) is 4.98 Å². The van der Waals surface area contributed by atoms with Crippen LogP contribution in [-0.2, 0) is 0 Å². The number of fused-ring (bicyclic) bond motifs is 1. The lowest BCUT2D eigenvalue weighted by atomic mass is 10.2. The fourth-order valence-electron chi connectivity index (χ4n) is 2.67. The second-order valence-electron chi connectivity index (χ2n) is 5.20. The van der Waals surface area contributed by atoms with E-state index in [1.165, 1.54) is 4.88 Å². The van der Waals surface area contributed by atoms with Gasteiger partial charge < -0.3 is 9.80 Å². The smallest absolute Gasteiger partial charge is 0.225 e. The molecule has 102 valence electrons. The number of anilines is 1. The number of hydrogen-bond donors (Lipinski definition) is 0. The van der Waals surface area contributed by atoms with Gasteiger partial charge in [0.1, 0.15) is 10.6 Å². The standard InChI is InChI=1S/C13H17ClN4S/c1-8-7-17(3)4-5-18(8)11-10-6-9(2)19-12(10)16-13(14)15-11/h6,8H,4-5,7H2,1-3H3. The van der Waals surface area contributed by atoms with Crippen LogP contribution in [0.1, 0.15) is 11.8 Å². The van der Waals surface area contributed by atoms with E-state index in [1.807, 2.05) is 0 Å². The molecule has 1 aliphatic heterocycles. The van der Waals surface area contributed by atoms with Gasteiger partial charge in [-0.15, -0.1) is 11.3 Å². The number of likely N-dealkylation sites (N-methyl/N-ethyl adjacent to an activating group) is 1. The number of piperazine rings is 1. The van der Waals surface area contributed by atoms with Crippen LogP contribution in [0.5, 0.6) is 0 Å². The van der Waals surface area contributed by atoms with E-state index in [2.05, 4.69) is 46.7 Å². The minimum absolute atomic E-state index is 0.343. The Morgan fingerprint density at radius 2 is 2.16 bits per heavy atom. The molecule has 0 aromatic carbocycles. The lowest BCUT2D eigenvalue weighted by molar-refractivity contribution is 0.275. The second-order valence-corrected chi connectivity index (χ2v) is 6.77. The van der Waals surface area contributed by atoms with E-state index in [0.717, 1.165) is 35.7 Å². The van der Waals surface area contributed by atoms with Crippen LogP contribution in [0.4, 0.5) is 5.82 Å². The molecule has 2 aromatic rings. The summed E-state index contributed by atoms with van der Waals surface area (Å²) in [4.78, 5) is 15.7. The molecule has 1 aliphatic rings. The SMILES string of the molecule is Cc1cc2c(N3CCN(C)CC3C)nc(Cl)nc2s1. The molecule has 0 saturated carbocycles. The van der Waals surface area contributed by atoms with Gasteiger partial charge in [0.2, 0.25) is 5.28 Å². The van der Waals surface area contributed by atoms with Crippen molar-refractivity contribution in [3.63, 3.8) is 0 Å². The molecule has 19 heavy (non-hydrogen) atoms. The highest BCUT2D eigenvalue weighted by molar-refractivity contribution is 7.18. The van der Waals surface area contributed by atoms with Crippen LogP contribution in [0.15, 0.2) is 6.07 Å². The van der Waals surface area contributed by atoms with E-state index < -0.39 is 0 Å². The summed E-state index contributed by atoms with van der Waals surface area (Å²) in [7, 11) is 2.16. The minimum Gasteiger partial charge on any atom is -0.351 e. The summed E-state index contributed by atoms with van der Waals surface area (Å²) in [6, 6.07) is 2.60. The molecule has 0 amide bonds. The van der Waals surface area contributed by atoms with Crippen molar-refractivity contribution < 1.29 is 0 Å². The summed E-state index contributed by atoms with van der Waals surface area (Å²) in [6.45, 7) is 7.41. The molecule has 4 nitrogen and oxygen atoms in total. The number of rotatable bonds is 1. The summed E-state index contributed by atoms with van der Waals surface area (Å²) in [6.07, 6.45) is 0. The van der Waals surface area contributed by atoms with E-state index in [-0.39, 0.29) is 0 Å². The third kappa shape index (κ3) is 2.42. The molecule has 3 heterocycles. The Balaban J connectivity index is 2.08. The van der Waals surface area contributed by atoms with E-state index in [0.29, 0.717) is 11.3 Å². The third-order valence-corrected chi connectivity index (χ3v) is 4.68. The molecule has 1 atom stereocenters. The van der Waals surface area contributed by atoms with Crippen molar-refractivity contribution in [1.82, 2.24) is 14.9 Å². The molecule has 1 unspecified atom stereocenters. The normalized spacial score (nSPS) is 21.3. The maximum absolute atomic E-state index is 6.08. The van der Waals surface area contributed by atoms with Gasteiger partial charge in [0.05, 0.1) is 5.39 Å². The van der Waals surface area contributed by atoms with E-state index in [9.17, 15) is 0 Å². The van der Waals surface area contributed by atoms with Crippen molar-refractivity contribution in [3.8, 4) is 0 Å². The number of halogens is 1. The molecule has 1 saturated heterocycles. The van der Waals surface area contributed by atoms with Crippen molar-refractivity contribution in [3.05, 3.63) is 16.2 Å².